The molecular formula is C33H54N4O. The third kappa shape index (κ3) is 9.59. The molecule has 0 radical (unpaired) electrons. The Kier molecular flexibility index (Phi) is 20.2. The minimum absolute atomic E-state index is 0. The number of aryl methyl sites for hydroxylation is 2. The van der Waals surface area contributed by atoms with E-state index in [0.29, 0.717) is 6.54 Å². The number of nitrogens with one attached hydrogen (secondary N) is 1. The van der Waals surface area contributed by atoms with Gasteiger partial charge in [-0.3, -0.25) is 9.78 Å². The molecule has 38 heavy (non-hydrogen) atoms. The predicted octanol–water partition coefficient (Wildman–Crippen LogP) is 8.68. The van der Waals surface area contributed by atoms with Crippen molar-refractivity contribution in [3.05, 3.63) is 76.7 Å². The lowest BCUT2D eigenvalue weighted by Crippen LogP contribution is -2.33. The largest absolute Gasteiger partial charge is 0.355 e. The first-order valence-electron chi connectivity index (χ1n) is 14.1. The summed E-state index contributed by atoms with van der Waals surface area (Å²) in [6.45, 7) is 21.8. The molecule has 0 saturated heterocycles. The molecule has 1 aromatic carbocycles. The number of amides is 1. The molecule has 0 atom stereocenters. The summed E-state index contributed by atoms with van der Waals surface area (Å²) >= 11 is 0. The zero-order valence-corrected chi connectivity index (χ0v) is 25.2. The molecule has 3 heterocycles. The van der Waals surface area contributed by atoms with Crippen LogP contribution in [0.5, 0.6) is 0 Å². The van der Waals surface area contributed by atoms with Gasteiger partial charge in [0.25, 0.3) is 5.91 Å². The van der Waals surface area contributed by atoms with E-state index in [0.717, 1.165) is 58.8 Å². The molecule has 4 rings (SSSR count). The Labute approximate surface area is 234 Å². The van der Waals surface area contributed by atoms with Gasteiger partial charge in [-0.05, 0) is 66.8 Å². The monoisotopic (exact) mass is 522 g/mol. The van der Waals surface area contributed by atoms with Crippen LogP contribution in [0.25, 0.3) is 11.1 Å². The van der Waals surface area contributed by atoms with E-state index in [2.05, 4.69) is 53.3 Å². The Bertz CT molecular complexity index is 1060. The van der Waals surface area contributed by atoms with Crippen molar-refractivity contribution in [2.24, 2.45) is 0 Å². The Morgan fingerprint density at radius 3 is 2.21 bits per heavy atom. The van der Waals surface area contributed by atoms with Gasteiger partial charge in [-0.15, -0.1) is 0 Å². The maximum atomic E-state index is 12.3. The van der Waals surface area contributed by atoms with Crippen molar-refractivity contribution in [2.75, 3.05) is 18.5 Å². The van der Waals surface area contributed by atoms with Crippen LogP contribution >= 0.6 is 0 Å². The average Bonchev–Trinajstić information content (AvgIpc) is 3.00. The molecule has 0 fully saturated rings. The van der Waals surface area contributed by atoms with Crippen LogP contribution in [0.2, 0.25) is 0 Å². The van der Waals surface area contributed by atoms with Gasteiger partial charge in [0.1, 0.15) is 5.82 Å². The first-order chi connectivity index (χ1) is 18.1. The number of anilines is 1. The third-order valence-electron chi connectivity index (χ3n) is 5.63. The van der Waals surface area contributed by atoms with Gasteiger partial charge in [0.05, 0.1) is 0 Å². The topological polar surface area (TPSA) is 58.1 Å². The molecule has 5 heteroatoms. The summed E-state index contributed by atoms with van der Waals surface area (Å²) in [5, 5.41) is 2.75. The Balaban J connectivity index is 0. The van der Waals surface area contributed by atoms with E-state index in [1.807, 2.05) is 79.8 Å². The van der Waals surface area contributed by atoms with Crippen molar-refractivity contribution in [2.45, 2.75) is 96.1 Å². The number of nitrogens with zero attached hydrogens (tertiary/aromatic N) is 3. The molecule has 0 bridgehead atoms. The number of aromatic nitrogens is 2. The fraction of sp³-hybridized carbons (Fsp3) is 0.485. The van der Waals surface area contributed by atoms with Crippen LogP contribution in [-0.4, -0.2) is 29.5 Å². The molecule has 0 unspecified atom stereocenters. The van der Waals surface area contributed by atoms with Crippen LogP contribution in [0.4, 0.5) is 5.82 Å². The fourth-order valence-electron chi connectivity index (χ4n) is 3.99. The fourth-order valence-corrected chi connectivity index (χ4v) is 3.99. The van der Waals surface area contributed by atoms with Gasteiger partial charge in [-0.2, -0.15) is 0 Å². The molecule has 1 aliphatic heterocycles. The summed E-state index contributed by atoms with van der Waals surface area (Å²) in [4.78, 5) is 23.8. The van der Waals surface area contributed by atoms with Crippen molar-refractivity contribution in [1.82, 2.24) is 15.3 Å². The summed E-state index contributed by atoms with van der Waals surface area (Å²) in [5.74, 6) is 0.918. The number of rotatable bonds is 4. The smallest absolute Gasteiger partial charge is 0.251 e. The highest BCUT2D eigenvalue weighted by Gasteiger charge is 2.22. The van der Waals surface area contributed by atoms with Gasteiger partial charge < -0.3 is 10.2 Å². The van der Waals surface area contributed by atoms with Crippen molar-refractivity contribution in [3.63, 3.8) is 0 Å². The zero-order chi connectivity index (χ0) is 28.4. The summed E-state index contributed by atoms with van der Waals surface area (Å²) in [6.07, 6.45) is 3.69. The van der Waals surface area contributed by atoms with E-state index in [1.165, 1.54) is 5.56 Å². The summed E-state index contributed by atoms with van der Waals surface area (Å²) in [6, 6.07) is 14.4. The maximum absolute atomic E-state index is 12.3. The molecule has 0 aliphatic carbocycles. The summed E-state index contributed by atoms with van der Waals surface area (Å²) in [5.41, 5.74) is 7.48. The molecule has 3 aromatic rings. The molecule has 0 spiro atoms. The average molecular weight is 523 g/mol. The summed E-state index contributed by atoms with van der Waals surface area (Å²) in [7, 11) is 1.68. The van der Waals surface area contributed by atoms with Gasteiger partial charge in [0.2, 0.25) is 0 Å². The van der Waals surface area contributed by atoms with Crippen LogP contribution < -0.4 is 10.2 Å². The molecule has 5 nitrogen and oxygen atoms in total. The Morgan fingerprint density at radius 2 is 1.63 bits per heavy atom. The lowest BCUT2D eigenvalue weighted by atomic mass is 9.94. The number of hydrogen-bond donors (Lipinski definition) is 1. The Hall–Kier alpha value is -3.21. The first kappa shape index (κ1) is 36.9. The maximum Gasteiger partial charge on any atom is 0.251 e. The normalized spacial score (nSPS) is 10.7. The second kappa shape index (κ2) is 20.8. The van der Waals surface area contributed by atoms with Crippen LogP contribution in [0.1, 0.15) is 103 Å². The van der Waals surface area contributed by atoms with E-state index in [1.54, 1.807) is 7.05 Å². The highest BCUT2D eigenvalue weighted by molar-refractivity contribution is 5.96. The molecule has 1 N–H and O–H groups in total. The SMILES string of the molecule is C.CC.CC.CC.CC.CCc1cc(-c2ccc(N3CCc4cccc(C(=O)NC)c4C3)nc2C)ccn1. The van der Waals surface area contributed by atoms with Crippen LogP contribution in [0.15, 0.2) is 48.7 Å². The second-order valence-corrected chi connectivity index (χ2v) is 7.39. The summed E-state index contributed by atoms with van der Waals surface area (Å²) < 4.78 is 0. The van der Waals surface area contributed by atoms with E-state index in [4.69, 9.17) is 4.98 Å². The molecule has 1 amide bonds. The van der Waals surface area contributed by atoms with Gasteiger partial charge in [-0.25, -0.2) is 4.98 Å². The quantitative estimate of drug-likeness (QED) is 0.372. The molecular weight excluding hydrogens is 468 g/mol. The first-order valence-corrected chi connectivity index (χ1v) is 14.1. The van der Waals surface area contributed by atoms with E-state index in [9.17, 15) is 4.79 Å². The molecule has 2 aromatic heterocycles. The van der Waals surface area contributed by atoms with Crippen molar-refractivity contribution < 1.29 is 4.79 Å². The number of benzene rings is 1. The molecule has 212 valence electrons. The van der Waals surface area contributed by atoms with Gasteiger partial charge in [0, 0.05) is 48.8 Å². The van der Waals surface area contributed by atoms with Crippen molar-refractivity contribution in [3.8, 4) is 11.1 Å². The predicted molar refractivity (Wildman–Crippen MR) is 168 cm³/mol. The highest BCUT2D eigenvalue weighted by atomic mass is 16.1. The number of hydrogen-bond acceptors (Lipinski definition) is 4. The minimum atomic E-state index is -0.0346. The van der Waals surface area contributed by atoms with E-state index in [-0.39, 0.29) is 13.3 Å². The van der Waals surface area contributed by atoms with Crippen LogP contribution in [0.3, 0.4) is 0 Å². The van der Waals surface area contributed by atoms with Crippen molar-refractivity contribution >= 4 is 11.7 Å². The van der Waals surface area contributed by atoms with Crippen LogP contribution in [-0.2, 0) is 19.4 Å². The lowest BCUT2D eigenvalue weighted by Gasteiger charge is -2.31. The number of carbonyl (C=O) groups excluding carboxylic acids is 1. The van der Waals surface area contributed by atoms with Crippen molar-refractivity contribution in [1.29, 1.82) is 0 Å². The third-order valence-corrected chi connectivity index (χ3v) is 5.63. The van der Waals surface area contributed by atoms with Gasteiger partial charge in [-0.1, -0.05) is 81.9 Å². The molecule has 1 aliphatic rings. The highest BCUT2D eigenvalue weighted by Crippen LogP contribution is 2.29. The number of fused-ring (bicyclic) bond motifs is 1. The van der Waals surface area contributed by atoms with E-state index >= 15 is 0 Å². The standard InChI is InChI=1S/C24H26N4O.4C2H6.CH4/c1-4-19-14-18(10-12-26-19)20-8-9-23(27-16(20)2)28-13-11-17-6-5-7-21(22(17)15-28)24(29)25-3;4*1-2;/h5-10,12,14H,4,11,13,15H2,1-3H3,(H,25,29);4*1-2H3;1H4. The van der Waals surface area contributed by atoms with Crippen LogP contribution in [0, 0.1) is 6.92 Å². The number of pyridine rings is 2. The second-order valence-electron chi connectivity index (χ2n) is 7.39. The van der Waals surface area contributed by atoms with E-state index < -0.39 is 0 Å². The van der Waals surface area contributed by atoms with Gasteiger partial charge in [0.15, 0.2) is 0 Å². The number of carbonyl (C=O) groups is 1. The zero-order valence-electron chi connectivity index (χ0n) is 25.2. The van der Waals surface area contributed by atoms with Gasteiger partial charge >= 0.3 is 0 Å². The molecule has 0 saturated carbocycles. The minimum Gasteiger partial charge on any atom is -0.355 e. The Morgan fingerprint density at radius 1 is 0.974 bits per heavy atom. The lowest BCUT2D eigenvalue weighted by molar-refractivity contribution is 0.0962.